The molecule has 148 valence electrons. The summed E-state index contributed by atoms with van der Waals surface area (Å²) in [5.74, 6) is -3.77. The van der Waals surface area contributed by atoms with E-state index in [9.17, 15) is 19.2 Å². The van der Waals surface area contributed by atoms with Gasteiger partial charge in [-0.05, 0) is 26.8 Å². The zero-order valence-corrected chi connectivity index (χ0v) is 16.5. The van der Waals surface area contributed by atoms with Crippen molar-refractivity contribution in [3.05, 3.63) is 28.8 Å². The van der Waals surface area contributed by atoms with Crippen LogP contribution in [0.1, 0.15) is 32.8 Å². The number of nitrogens with zero attached hydrogens (tertiary/aromatic N) is 1. The molecule has 0 aliphatic carbocycles. The van der Waals surface area contributed by atoms with E-state index in [4.69, 9.17) is 17.3 Å². The molecule has 1 spiro atoms. The maximum atomic E-state index is 13.4. The molecule has 3 heterocycles. The van der Waals surface area contributed by atoms with Crippen molar-refractivity contribution in [1.82, 2.24) is 10.2 Å². The van der Waals surface area contributed by atoms with Crippen LogP contribution in [0.5, 0.6) is 0 Å². The number of anilines is 1. The van der Waals surface area contributed by atoms with Gasteiger partial charge >= 0.3 is 0 Å². The third-order valence-electron chi connectivity index (χ3n) is 5.79. The highest BCUT2D eigenvalue weighted by Crippen LogP contribution is 2.55. The second-order valence-electron chi connectivity index (χ2n) is 8.53. The van der Waals surface area contributed by atoms with Crippen LogP contribution < -0.4 is 16.4 Å². The predicted molar refractivity (Wildman–Crippen MR) is 101 cm³/mol. The summed E-state index contributed by atoms with van der Waals surface area (Å²) in [5.41, 5.74) is 4.07. The smallest absolute Gasteiger partial charge is 0.250 e. The van der Waals surface area contributed by atoms with Gasteiger partial charge in [0.25, 0.3) is 0 Å². The summed E-state index contributed by atoms with van der Waals surface area (Å²) in [5, 5.41) is 6.21. The van der Waals surface area contributed by atoms with Gasteiger partial charge in [-0.15, -0.1) is 0 Å². The number of benzene rings is 1. The Morgan fingerprint density at radius 3 is 2.54 bits per heavy atom. The normalized spacial score (nSPS) is 31.4. The minimum Gasteiger partial charge on any atom is -0.370 e. The second-order valence-corrected chi connectivity index (χ2v) is 8.94. The van der Waals surface area contributed by atoms with E-state index in [1.165, 1.54) is 4.90 Å². The first kappa shape index (κ1) is 18.9. The van der Waals surface area contributed by atoms with E-state index in [1.54, 1.807) is 39.0 Å². The maximum absolute atomic E-state index is 13.4. The molecule has 3 aliphatic rings. The first-order valence-electron chi connectivity index (χ1n) is 9.04. The molecule has 4 atom stereocenters. The van der Waals surface area contributed by atoms with Gasteiger partial charge in [0.2, 0.25) is 23.6 Å². The fraction of sp³-hybridized carbons (Fsp3) is 0.474. The number of hydrogen-bond acceptors (Lipinski definition) is 5. The van der Waals surface area contributed by atoms with E-state index in [0.29, 0.717) is 16.3 Å². The van der Waals surface area contributed by atoms with E-state index in [1.807, 2.05) is 0 Å². The molecular formula is C19H21ClN4O4. The quantitative estimate of drug-likeness (QED) is 0.627. The van der Waals surface area contributed by atoms with Crippen LogP contribution in [-0.4, -0.2) is 40.1 Å². The van der Waals surface area contributed by atoms with Crippen molar-refractivity contribution in [2.24, 2.45) is 17.6 Å². The van der Waals surface area contributed by atoms with Gasteiger partial charge in [0, 0.05) is 23.6 Å². The number of imide groups is 1. The van der Waals surface area contributed by atoms with Gasteiger partial charge in [-0.25, -0.2) is 0 Å². The number of carbonyl (C=O) groups is 4. The molecule has 28 heavy (non-hydrogen) atoms. The number of rotatable bonds is 2. The number of para-hydroxylation sites is 1. The van der Waals surface area contributed by atoms with Crippen LogP contribution in [0.15, 0.2) is 18.2 Å². The molecule has 0 bridgehead atoms. The van der Waals surface area contributed by atoms with Crippen molar-refractivity contribution in [2.45, 2.75) is 44.3 Å². The Hall–Kier alpha value is -2.45. The molecule has 4 N–H and O–H groups in total. The Kier molecular flexibility index (Phi) is 3.90. The molecule has 4 amide bonds. The van der Waals surface area contributed by atoms with Crippen LogP contribution in [-0.2, 0) is 24.7 Å². The van der Waals surface area contributed by atoms with Gasteiger partial charge < -0.3 is 11.1 Å². The molecule has 8 nitrogen and oxygen atoms in total. The number of primary amides is 1. The van der Waals surface area contributed by atoms with Crippen LogP contribution in [0.25, 0.3) is 0 Å². The van der Waals surface area contributed by atoms with Crippen molar-refractivity contribution in [3.63, 3.8) is 0 Å². The Labute approximate surface area is 166 Å². The highest BCUT2D eigenvalue weighted by Gasteiger charge is 2.71. The van der Waals surface area contributed by atoms with E-state index in [-0.39, 0.29) is 6.42 Å². The summed E-state index contributed by atoms with van der Waals surface area (Å²) in [7, 11) is 0. The van der Waals surface area contributed by atoms with E-state index in [2.05, 4.69) is 10.6 Å². The molecule has 0 saturated carbocycles. The third kappa shape index (κ3) is 2.28. The van der Waals surface area contributed by atoms with Crippen LogP contribution in [0.4, 0.5) is 5.69 Å². The Morgan fingerprint density at radius 1 is 1.25 bits per heavy atom. The topological polar surface area (TPSA) is 122 Å². The molecule has 0 aromatic heterocycles. The number of amides is 4. The van der Waals surface area contributed by atoms with Crippen molar-refractivity contribution < 1.29 is 19.2 Å². The summed E-state index contributed by atoms with van der Waals surface area (Å²) in [6.45, 7) is 5.27. The summed E-state index contributed by atoms with van der Waals surface area (Å²) in [4.78, 5) is 52.6. The molecule has 2 saturated heterocycles. The molecule has 1 aromatic rings. The monoisotopic (exact) mass is 404 g/mol. The van der Waals surface area contributed by atoms with Crippen molar-refractivity contribution in [3.8, 4) is 0 Å². The zero-order valence-electron chi connectivity index (χ0n) is 15.7. The molecule has 2 unspecified atom stereocenters. The maximum Gasteiger partial charge on any atom is 0.250 e. The number of hydrogen-bond donors (Lipinski definition) is 3. The number of fused-ring (bicyclic) bond motifs is 4. The Morgan fingerprint density at radius 2 is 1.93 bits per heavy atom. The van der Waals surface area contributed by atoms with Crippen molar-refractivity contribution in [2.75, 3.05) is 5.32 Å². The largest absolute Gasteiger partial charge is 0.370 e. The van der Waals surface area contributed by atoms with Crippen LogP contribution in [0.2, 0.25) is 5.02 Å². The minimum absolute atomic E-state index is 0.164. The summed E-state index contributed by atoms with van der Waals surface area (Å²) in [6.07, 6.45) is -0.164. The molecule has 2 fully saturated rings. The van der Waals surface area contributed by atoms with Crippen LogP contribution in [0.3, 0.4) is 0 Å². The number of carbonyl (C=O) groups excluding carboxylic acids is 4. The second kappa shape index (κ2) is 5.78. The van der Waals surface area contributed by atoms with E-state index in [0.717, 1.165) is 0 Å². The van der Waals surface area contributed by atoms with Crippen LogP contribution in [0, 0.1) is 11.8 Å². The zero-order chi connectivity index (χ0) is 20.6. The number of nitrogens with two attached hydrogens (primary N) is 1. The number of nitrogens with one attached hydrogen (secondary N) is 2. The molecule has 4 rings (SSSR count). The Bertz CT molecular complexity index is 940. The third-order valence-corrected chi connectivity index (χ3v) is 6.11. The minimum atomic E-state index is -1.47. The van der Waals surface area contributed by atoms with Gasteiger partial charge in [0.15, 0.2) is 0 Å². The molecule has 1 aromatic carbocycles. The molecule has 0 radical (unpaired) electrons. The fourth-order valence-corrected chi connectivity index (χ4v) is 5.07. The average Bonchev–Trinajstić information content (AvgIpc) is 3.13. The fourth-order valence-electron chi connectivity index (χ4n) is 4.85. The SMILES string of the molecule is CC(C)(C)N1C(=O)[C@@H]2C(CC(N)=O)NC3(C(=O)Nc4c(Cl)cccc43)[C@@H]2C1=O. The number of halogens is 1. The van der Waals surface area contributed by atoms with Crippen molar-refractivity contribution >= 4 is 40.9 Å². The molecular weight excluding hydrogens is 384 g/mol. The lowest BCUT2D eigenvalue weighted by Gasteiger charge is -2.34. The summed E-state index contributed by atoms with van der Waals surface area (Å²) >= 11 is 6.25. The Balaban J connectivity index is 1.93. The van der Waals surface area contributed by atoms with Crippen LogP contribution >= 0.6 is 11.6 Å². The lowest BCUT2D eigenvalue weighted by Crippen LogP contribution is -2.56. The van der Waals surface area contributed by atoms with Gasteiger partial charge in [0.1, 0.15) is 5.54 Å². The van der Waals surface area contributed by atoms with Gasteiger partial charge in [0.05, 0.1) is 22.5 Å². The number of likely N-dealkylation sites (tertiary alicyclic amines) is 1. The standard InChI is InChI=1S/C19H21ClN4O4/c1-18(2,3)24-15(26)12-10(7-11(21)25)23-19(13(12)16(24)27)8-5-4-6-9(20)14(8)22-17(19)28/h4-6,10,12-13,23H,7H2,1-3H3,(H2,21,25)(H,22,28)/t10?,12-,13+,19?/m1/s1. The lowest BCUT2D eigenvalue weighted by molar-refractivity contribution is -0.147. The van der Waals surface area contributed by atoms with Gasteiger partial charge in [-0.1, -0.05) is 23.7 Å². The average molecular weight is 405 g/mol. The van der Waals surface area contributed by atoms with Crippen molar-refractivity contribution in [1.29, 1.82) is 0 Å². The molecule has 9 heteroatoms. The highest BCUT2D eigenvalue weighted by molar-refractivity contribution is 6.35. The summed E-state index contributed by atoms with van der Waals surface area (Å²) < 4.78 is 0. The first-order valence-corrected chi connectivity index (χ1v) is 9.42. The highest BCUT2D eigenvalue weighted by atomic mass is 35.5. The predicted octanol–water partition coefficient (Wildman–Crippen LogP) is 0.734. The summed E-state index contributed by atoms with van der Waals surface area (Å²) in [6, 6.07) is 4.29. The van der Waals surface area contributed by atoms with E-state index >= 15 is 0 Å². The molecule has 3 aliphatic heterocycles. The lowest BCUT2D eigenvalue weighted by atomic mass is 9.76. The van der Waals surface area contributed by atoms with Gasteiger partial charge in [-0.3, -0.25) is 29.4 Å². The van der Waals surface area contributed by atoms with E-state index < -0.39 is 52.6 Å². The first-order chi connectivity index (χ1) is 13.0. The van der Waals surface area contributed by atoms with Gasteiger partial charge in [-0.2, -0.15) is 0 Å².